The Morgan fingerprint density at radius 1 is 1.08 bits per heavy atom. The highest BCUT2D eigenvalue weighted by molar-refractivity contribution is 8.45. The zero-order chi connectivity index (χ0) is 19.5. The van der Waals surface area contributed by atoms with Gasteiger partial charge in [-0.25, -0.2) is 9.59 Å². The SMILES string of the molecule is C=C(C)C(=O)OCC(O)COC(=O)c1ccc(S(F)(F)(F)(F)F)cc1. The summed E-state index contributed by atoms with van der Waals surface area (Å²) >= 11 is 0. The second-order valence-corrected chi connectivity index (χ2v) is 7.53. The highest BCUT2D eigenvalue weighted by atomic mass is 32.5. The smallest absolute Gasteiger partial charge is 0.338 e. The third-order valence-electron chi connectivity index (χ3n) is 2.70. The van der Waals surface area contributed by atoms with Gasteiger partial charge in [-0.15, -0.1) is 0 Å². The number of carbonyl (C=O) groups excluding carboxylic acids is 2. The minimum atomic E-state index is -9.81. The monoisotopic (exact) mass is 390 g/mol. The van der Waals surface area contributed by atoms with Gasteiger partial charge in [0.1, 0.15) is 24.2 Å². The molecule has 0 heterocycles. The number of hydrogen-bond donors (Lipinski definition) is 1. The van der Waals surface area contributed by atoms with Crippen LogP contribution in [0.5, 0.6) is 0 Å². The molecule has 1 aromatic rings. The van der Waals surface area contributed by atoms with E-state index in [9.17, 15) is 34.1 Å². The predicted molar refractivity (Wildman–Crippen MR) is 79.9 cm³/mol. The molecular formula is C14H15F5O5S. The molecule has 0 spiro atoms. The van der Waals surface area contributed by atoms with Crippen LogP contribution in [-0.2, 0) is 14.3 Å². The molecule has 1 atom stereocenters. The third kappa shape index (κ3) is 6.70. The van der Waals surface area contributed by atoms with E-state index in [1.165, 1.54) is 6.92 Å². The van der Waals surface area contributed by atoms with Crippen molar-refractivity contribution in [2.24, 2.45) is 0 Å². The van der Waals surface area contributed by atoms with Crippen molar-refractivity contribution in [3.8, 4) is 0 Å². The first-order valence-corrected chi connectivity index (χ1v) is 8.57. The van der Waals surface area contributed by atoms with E-state index in [-0.39, 0.29) is 17.7 Å². The van der Waals surface area contributed by atoms with Crippen molar-refractivity contribution < 1.29 is 43.6 Å². The molecule has 0 amide bonds. The summed E-state index contributed by atoms with van der Waals surface area (Å²) in [5, 5.41) is 9.47. The number of aliphatic hydroxyl groups is 1. The van der Waals surface area contributed by atoms with E-state index in [1.54, 1.807) is 0 Å². The maximum absolute atomic E-state index is 12.5. The van der Waals surface area contributed by atoms with E-state index in [2.05, 4.69) is 16.1 Å². The Hall–Kier alpha value is -2.14. The summed E-state index contributed by atoms with van der Waals surface area (Å²) in [6.45, 7) is 3.57. The van der Waals surface area contributed by atoms with Crippen molar-refractivity contribution in [3.05, 3.63) is 42.0 Å². The van der Waals surface area contributed by atoms with E-state index in [0.29, 0.717) is 12.1 Å². The second kappa shape index (κ2) is 6.30. The van der Waals surface area contributed by atoms with E-state index in [0.717, 1.165) is 0 Å². The van der Waals surface area contributed by atoms with Crippen LogP contribution in [0.4, 0.5) is 19.4 Å². The molecule has 1 rings (SSSR count). The van der Waals surface area contributed by atoms with Crippen molar-refractivity contribution in [2.45, 2.75) is 17.9 Å². The van der Waals surface area contributed by atoms with Crippen LogP contribution in [0.3, 0.4) is 0 Å². The van der Waals surface area contributed by atoms with Crippen LogP contribution in [0.25, 0.3) is 0 Å². The van der Waals surface area contributed by atoms with Gasteiger partial charge in [0.05, 0.1) is 5.56 Å². The van der Waals surface area contributed by atoms with Gasteiger partial charge < -0.3 is 14.6 Å². The largest absolute Gasteiger partial charge is 0.459 e. The number of carbonyl (C=O) groups is 2. The number of ether oxygens (including phenoxy) is 2. The Kier molecular flexibility index (Phi) is 5.27. The third-order valence-corrected chi connectivity index (χ3v) is 3.86. The molecule has 0 fully saturated rings. The number of aliphatic hydroxyl groups excluding tert-OH is 1. The molecule has 0 saturated heterocycles. The molecule has 0 aliphatic carbocycles. The van der Waals surface area contributed by atoms with Gasteiger partial charge in [-0.2, -0.15) is 0 Å². The molecule has 5 nitrogen and oxygen atoms in total. The molecule has 0 aliphatic rings. The van der Waals surface area contributed by atoms with Crippen molar-refractivity contribution in [1.82, 2.24) is 0 Å². The van der Waals surface area contributed by atoms with Gasteiger partial charge in [0.25, 0.3) is 0 Å². The summed E-state index contributed by atoms with van der Waals surface area (Å²) in [4.78, 5) is 20.5. The fourth-order valence-electron chi connectivity index (χ4n) is 1.45. The molecule has 1 unspecified atom stereocenters. The van der Waals surface area contributed by atoms with Crippen LogP contribution in [0.2, 0.25) is 0 Å². The number of halogens is 5. The van der Waals surface area contributed by atoms with E-state index in [1.807, 2.05) is 0 Å². The van der Waals surface area contributed by atoms with Gasteiger partial charge in [0, 0.05) is 5.57 Å². The Morgan fingerprint density at radius 3 is 2.00 bits per heavy atom. The lowest BCUT2D eigenvalue weighted by molar-refractivity contribution is -0.142. The highest BCUT2D eigenvalue weighted by Gasteiger charge is 2.65. The van der Waals surface area contributed by atoms with Gasteiger partial charge in [-0.1, -0.05) is 26.0 Å². The fraction of sp³-hybridized carbons (Fsp3) is 0.286. The number of rotatable bonds is 7. The molecule has 11 heteroatoms. The second-order valence-electron chi connectivity index (χ2n) is 5.12. The van der Waals surface area contributed by atoms with Gasteiger partial charge in [0.2, 0.25) is 0 Å². The van der Waals surface area contributed by atoms with Gasteiger partial charge in [-0.05, 0) is 31.2 Å². The Morgan fingerprint density at radius 2 is 1.56 bits per heavy atom. The van der Waals surface area contributed by atoms with Crippen LogP contribution in [0, 0.1) is 0 Å². The Labute approximate surface area is 139 Å². The van der Waals surface area contributed by atoms with Gasteiger partial charge in [-0.3, -0.25) is 0 Å². The number of hydrogen-bond acceptors (Lipinski definition) is 5. The number of benzene rings is 1. The maximum Gasteiger partial charge on any atom is 0.338 e. The van der Waals surface area contributed by atoms with Crippen LogP contribution >= 0.6 is 10.2 Å². The fourth-order valence-corrected chi connectivity index (χ4v) is 2.10. The molecule has 1 N–H and O–H groups in total. The minimum Gasteiger partial charge on any atom is -0.459 e. The standard InChI is InChI=1S/C14H15F5O5S/c1-9(2)13(21)23-7-11(20)8-24-14(22)10-3-5-12(6-4-10)25(15,16,17,18)19/h3-6,11,20H,1,7-8H2,2H3. The van der Waals surface area contributed by atoms with Crippen molar-refractivity contribution >= 4 is 22.2 Å². The summed E-state index contributed by atoms with van der Waals surface area (Å²) in [6, 6.07) is 1.21. The van der Waals surface area contributed by atoms with Crippen LogP contribution < -0.4 is 0 Å². The Balaban J connectivity index is 2.62. The summed E-state index contributed by atoms with van der Waals surface area (Å²) in [6.07, 6.45) is -1.38. The predicted octanol–water partition coefficient (Wildman–Crippen LogP) is 3.98. The van der Waals surface area contributed by atoms with Crippen molar-refractivity contribution in [3.63, 3.8) is 0 Å². The normalized spacial score (nSPS) is 15.5. The van der Waals surface area contributed by atoms with Crippen LogP contribution in [0.1, 0.15) is 17.3 Å². The minimum absolute atomic E-state index is 0.0726. The quantitative estimate of drug-likeness (QED) is 0.433. The Bertz CT molecular complexity index is 684. The first-order chi connectivity index (χ1) is 11.1. The summed E-state index contributed by atoms with van der Waals surface area (Å²) < 4.78 is 71.9. The summed E-state index contributed by atoms with van der Waals surface area (Å²) in [5.74, 6) is -1.91. The highest BCUT2D eigenvalue weighted by Crippen LogP contribution is 3.02. The molecule has 0 saturated carbocycles. The molecule has 0 radical (unpaired) electrons. The molecule has 0 bridgehead atoms. The van der Waals surface area contributed by atoms with Crippen LogP contribution in [0.15, 0.2) is 41.3 Å². The topological polar surface area (TPSA) is 72.8 Å². The van der Waals surface area contributed by atoms with E-state index >= 15 is 0 Å². The number of esters is 2. The zero-order valence-electron chi connectivity index (χ0n) is 12.9. The summed E-state index contributed by atoms with van der Waals surface area (Å²) in [5.41, 5.74) is -0.329. The van der Waals surface area contributed by atoms with Crippen LogP contribution in [-0.4, -0.2) is 36.4 Å². The molecule has 142 valence electrons. The first-order valence-electron chi connectivity index (χ1n) is 6.62. The van der Waals surface area contributed by atoms with Gasteiger partial charge >= 0.3 is 22.2 Å². The molecule has 1 aromatic carbocycles. The summed E-state index contributed by atoms with van der Waals surface area (Å²) in [7, 11) is -9.81. The zero-order valence-corrected chi connectivity index (χ0v) is 13.7. The molecular weight excluding hydrogens is 375 g/mol. The van der Waals surface area contributed by atoms with Crippen molar-refractivity contribution in [1.29, 1.82) is 0 Å². The molecule has 0 aromatic heterocycles. The lowest BCUT2D eigenvalue weighted by Gasteiger charge is -2.40. The van der Waals surface area contributed by atoms with E-state index < -0.39 is 51.9 Å². The molecule has 25 heavy (non-hydrogen) atoms. The average Bonchev–Trinajstić information content (AvgIpc) is 2.47. The lowest BCUT2D eigenvalue weighted by Crippen LogP contribution is -2.25. The average molecular weight is 390 g/mol. The molecule has 0 aliphatic heterocycles. The first kappa shape index (κ1) is 20.9. The lowest BCUT2D eigenvalue weighted by atomic mass is 10.2. The maximum atomic E-state index is 12.5. The van der Waals surface area contributed by atoms with E-state index in [4.69, 9.17) is 0 Å². The van der Waals surface area contributed by atoms with Gasteiger partial charge in [0.15, 0.2) is 0 Å². The van der Waals surface area contributed by atoms with Crippen molar-refractivity contribution in [2.75, 3.05) is 13.2 Å².